The van der Waals surface area contributed by atoms with E-state index in [1.807, 2.05) is 7.05 Å². The Balaban J connectivity index is 1.65. The molecule has 2 heteroatoms. The summed E-state index contributed by atoms with van der Waals surface area (Å²) in [6, 6.07) is 0. The lowest BCUT2D eigenvalue weighted by Gasteiger charge is -2.02. The second kappa shape index (κ2) is 6.44. The predicted octanol–water partition coefficient (Wildman–Crippen LogP) is 1.80. The van der Waals surface area contributed by atoms with Gasteiger partial charge in [0.15, 0.2) is 0 Å². The van der Waals surface area contributed by atoms with Gasteiger partial charge in [-0.2, -0.15) is 0 Å². The van der Waals surface area contributed by atoms with E-state index >= 15 is 0 Å². The zero-order valence-electron chi connectivity index (χ0n) is 8.14. The Kier molecular flexibility index (Phi) is 5.37. The van der Waals surface area contributed by atoms with Crippen molar-refractivity contribution >= 4 is 0 Å². The zero-order chi connectivity index (χ0) is 8.65. The van der Waals surface area contributed by atoms with Crippen molar-refractivity contribution in [1.82, 2.24) is 5.32 Å². The summed E-state index contributed by atoms with van der Waals surface area (Å²) >= 11 is 0. The van der Waals surface area contributed by atoms with E-state index in [2.05, 4.69) is 5.32 Å². The number of unbranched alkanes of at least 4 members (excludes halogenated alkanes) is 2. The fourth-order valence-corrected chi connectivity index (χ4v) is 1.22. The van der Waals surface area contributed by atoms with Gasteiger partial charge in [0.25, 0.3) is 0 Å². The SMILES string of the molecule is CNCCCCCOCC1CC1. The first-order valence-electron chi connectivity index (χ1n) is 5.16. The normalized spacial score (nSPS) is 16.8. The van der Waals surface area contributed by atoms with E-state index in [0.717, 1.165) is 25.7 Å². The molecule has 0 aromatic rings. The van der Waals surface area contributed by atoms with Crippen molar-refractivity contribution in [3.8, 4) is 0 Å². The lowest BCUT2D eigenvalue weighted by Crippen LogP contribution is -2.07. The fourth-order valence-electron chi connectivity index (χ4n) is 1.22. The van der Waals surface area contributed by atoms with Gasteiger partial charge in [-0.15, -0.1) is 0 Å². The van der Waals surface area contributed by atoms with E-state index in [1.165, 1.54) is 32.1 Å². The van der Waals surface area contributed by atoms with Gasteiger partial charge in [-0.05, 0) is 51.6 Å². The van der Waals surface area contributed by atoms with Crippen LogP contribution in [0.3, 0.4) is 0 Å². The van der Waals surface area contributed by atoms with Crippen LogP contribution in [0.4, 0.5) is 0 Å². The van der Waals surface area contributed by atoms with Crippen LogP contribution in [0.1, 0.15) is 32.1 Å². The number of ether oxygens (including phenoxy) is 1. The minimum atomic E-state index is 0.919. The molecule has 0 aromatic heterocycles. The first kappa shape index (κ1) is 10.0. The van der Waals surface area contributed by atoms with Gasteiger partial charge in [0.1, 0.15) is 0 Å². The van der Waals surface area contributed by atoms with Crippen LogP contribution in [-0.2, 0) is 4.74 Å². The van der Waals surface area contributed by atoms with E-state index in [0.29, 0.717) is 0 Å². The Labute approximate surface area is 75.7 Å². The van der Waals surface area contributed by atoms with E-state index in [1.54, 1.807) is 0 Å². The average Bonchev–Trinajstić information content (AvgIpc) is 2.87. The minimum Gasteiger partial charge on any atom is -0.381 e. The molecule has 0 atom stereocenters. The molecule has 1 rings (SSSR count). The van der Waals surface area contributed by atoms with Crippen LogP contribution in [0.5, 0.6) is 0 Å². The third kappa shape index (κ3) is 5.56. The van der Waals surface area contributed by atoms with Gasteiger partial charge in [-0.1, -0.05) is 0 Å². The Morgan fingerprint density at radius 1 is 1.25 bits per heavy atom. The van der Waals surface area contributed by atoms with Gasteiger partial charge < -0.3 is 10.1 Å². The molecule has 0 aromatic carbocycles. The van der Waals surface area contributed by atoms with E-state index in [9.17, 15) is 0 Å². The molecule has 12 heavy (non-hydrogen) atoms. The average molecular weight is 171 g/mol. The van der Waals surface area contributed by atoms with Crippen molar-refractivity contribution in [2.45, 2.75) is 32.1 Å². The van der Waals surface area contributed by atoms with Crippen molar-refractivity contribution in [3.63, 3.8) is 0 Å². The summed E-state index contributed by atoms with van der Waals surface area (Å²) in [5, 5.41) is 3.15. The third-order valence-corrected chi connectivity index (χ3v) is 2.27. The lowest BCUT2D eigenvalue weighted by molar-refractivity contribution is 0.120. The Hall–Kier alpha value is -0.0800. The summed E-state index contributed by atoms with van der Waals surface area (Å²) in [7, 11) is 2.00. The van der Waals surface area contributed by atoms with Gasteiger partial charge in [-0.3, -0.25) is 0 Å². The highest BCUT2D eigenvalue weighted by Gasteiger charge is 2.20. The van der Waals surface area contributed by atoms with Gasteiger partial charge in [0.05, 0.1) is 0 Å². The molecule has 0 saturated heterocycles. The zero-order valence-corrected chi connectivity index (χ0v) is 8.14. The molecule has 1 saturated carbocycles. The summed E-state index contributed by atoms with van der Waals surface area (Å²) in [5.74, 6) is 0.919. The largest absolute Gasteiger partial charge is 0.381 e. The number of hydrogen-bond donors (Lipinski definition) is 1. The Morgan fingerprint density at radius 3 is 2.75 bits per heavy atom. The van der Waals surface area contributed by atoms with Crippen LogP contribution in [-0.4, -0.2) is 26.8 Å². The van der Waals surface area contributed by atoms with Crippen LogP contribution < -0.4 is 5.32 Å². The van der Waals surface area contributed by atoms with E-state index in [-0.39, 0.29) is 0 Å². The van der Waals surface area contributed by atoms with Crippen LogP contribution in [0.15, 0.2) is 0 Å². The molecule has 1 N–H and O–H groups in total. The molecule has 1 aliphatic carbocycles. The van der Waals surface area contributed by atoms with Crippen molar-refractivity contribution in [3.05, 3.63) is 0 Å². The molecule has 0 spiro atoms. The molecule has 72 valence electrons. The highest BCUT2D eigenvalue weighted by atomic mass is 16.5. The highest BCUT2D eigenvalue weighted by molar-refractivity contribution is 4.71. The number of nitrogens with one attached hydrogen (secondary N) is 1. The molecule has 0 heterocycles. The highest BCUT2D eigenvalue weighted by Crippen LogP contribution is 2.28. The molecule has 0 amide bonds. The molecule has 1 fully saturated rings. The molecular formula is C10H21NO. The molecule has 1 aliphatic rings. The molecule has 0 unspecified atom stereocenters. The summed E-state index contributed by atoms with van der Waals surface area (Å²) in [4.78, 5) is 0. The summed E-state index contributed by atoms with van der Waals surface area (Å²) < 4.78 is 5.52. The van der Waals surface area contributed by atoms with Gasteiger partial charge >= 0.3 is 0 Å². The maximum Gasteiger partial charge on any atom is 0.0494 e. The van der Waals surface area contributed by atoms with Gasteiger partial charge in [0.2, 0.25) is 0 Å². The monoisotopic (exact) mass is 171 g/mol. The van der Waals surface area contributed by atoms with Crippen LogP contribution in [0.25, 0.3) is 0 Å². The maximum atomic E-state index is 5.52. The number of rotatable bonds is 8. The van der Waals surface area contributed by atoms with Crippen LogP contribution >= 0.6 is 0 Å². The van der Waals surface area contributed by atoms with Crippen molar-refractivity contribution in [2.75, 3.05) is 26.8 Å². The molecule has 0 aliphatic heterocycles. The van der Waals surface area contributed by atoms with Gasteiger partial charge in [-0.25, -0.2) is 0 Å². The predicted molar refractivity (Wildman–Crippen MR) is 51.3 cm³/mol. The molecule has 0 radical (unpaired) electrons. The smallest absolute Gasteiger partial charge is 0.0494 e. The van der Waals surface area contributed by atoms with Crippen molar-refractivity contribution < 1.29 is 4.74 Å². The standard InChI is InChI=1S/C10H21NO/c1-11-7-3-2-4-8-12-9-10-5-6-10/h10-11H,2-9H2,1H3. The molecule has 0 bridgehead atoms. The van der Waals surface area contributed by atoms with E-state index < -0.39 is 0 Å². The topological polar surface area (TPSA) is 21.3 Å². The second-order valence-electron chi connectivity index (χ2n) is 3.68. The number of hydrogen-bond acceptors (Lipinski definition) is 2. The summed E-state index contributed by atoms with van der Waals surface area (Å²) in [6.07, 6.45) is 6.61. The van der Waals surface area contributed by atoms with Crippen molar-refractivity contribution in [2.24, 2.45) is 5.92 Å². The fraction of sp³-hybridized carbons (Fsp3) is 1.00. The lowest BCUT2D eigenvalue weighted by atomic mass is 10.2. The van der Waals surface area contributed by atoms with Crippen molar-refractivity contribution in [1.29, 1.82) is 0 Å². The first-order valence-corrected chi connectivity index (χ1v) is 5.16. The van der Waals surface area contributed by atoms with Gasteiger partial charge in [0, 0.05) is 13.2 Å². The molecular weight excluding hydrogens is 150 g/mol. The van der Waals surface area contributed by atoms with Crippen LogP contribution in [0.2, 0.25) is 0 Å². The Bertz CT molecular complexity index is 102. The van der Waals surface area contributed by atoms with Crippen LogP contribution in [0, 0.1) is 5.92 Å². The Morgan fingerprint density at radius 2 is 2.08 bits per heavy atom. The molecule has 2 nitrogen and oxygen atoms in total. The summed E-state index contributed by atoms with van der Waals surface area (Å²) in [6.45, 7) is 3.13. The van der Waals surface area contributed by atoms with E-state index in [4.69, 9.17) is 4.74 Å². The first-order chi connectivity index (χ1) is 5.93. The minimum absolute atomic E-state index is 0.919. The second-order valence-corrected chi connectivity index (χ2v) is 3.68. The quantitative estimate of drug-likeness (QED) is 0.562. The third-order valence-electron chi connectivity index (χ3n) is 2.27. The summed E-state index contributed by atoms with van der Waals surface area (Å²) in [5.41, 5.74) is 0. The maximum absolute atomic E-state index is 5.52.